The van der Waals surface area contributed by atoms with E-state index in [9.17, 15) is 4.79 Å². The maximum absolute atomic E-state index is 12.6. The van der Waals surface area contributed by atoms with E-state index in [1.165, 1.54) is 18.4 Å². The maximum atomic E-state index is 12.6. The summed E-state index contributed by atoms with van der Waals surface area (Å²) in [5.41, 5.74) is 1.77. The van der Waals surface area contributed by atoms with E-state index in [1.54, 1.807) is 12.1 Å². The number of ether oxygens (including phenoxy) is 1. The molecule has 140 valence electrons. The molecule has 2 N–H and O–H groups in total. The van der Waals surface area contributed by atoms with Crippen molar-refractivity contribution in [1.82, 2.24) is 10.3 Å². The summed E-state index contributed by atoms with van der Waals surface area (Å²) >= 11 is 22.1. The molecule has 0 unspecified atom stereocenters. The highest BCUT2D eigenvalue weighted by molar-refractivity contribution is 9.10. The van der Waals surface area contributed by atoms with Crippen molar-refractivity contribution in [3.05, 3.63) is 49.9 Å². The number of aromatic nitrogens is 1. The Morgan fingerprint density at radius 2 is 2.07 bits per heavy atom. The van der Waals surface area contributed by atoms with Gasteiger partial charge in [-0.15, -0.1) is 0 Å². The lowest BCUT2D eigenvalue weighted by Crippen LogP contribution is -2.34. The molecule has 0 aliphatic carbocycles. The molecular weight excluding hydrogens is 493 g/mol. The van der Waals surface area contributed by atoms with Crippen molar-refractivity contribution in [2.75, 3.05) is 12.4 Å². The number of halogens is 3. The summed E-state index contributed by atoms with van der Waals surface area (Å²) in [4.78, 5) is 17.0. The molecule has 10 heteroatoms. The van der Waals surface area contributed by atoms with Crippen molar-refractivity contribution in [3.8, 4) is 5.75 Å². The van der Waals surface area contributed by atoms with E-state index in [0.29, 0.717) is 32.0 Å². The Bertz CT molecular complexity index is 1070. The normalized spacial score (nSPS) is 10.7. The Morgan fingerprint density at radius 3 is 2.78 bits per heavy atom. The number of fused-ring (bicyclic) bond motifs is 1. The van der Waals surface area contributed by atoms with E-state index in [4.69, 9.17) is 40.2 Å². The summed E-state index contributed by atoms with van der Waals surface area (Å²) in [5.74, 6) is 0.0934. The lowest BCUT2D eigenvalue weighted by molar-refractivity contribution is 0.0974. The number of aryl methyl sites for hydroxylation is 1. The Morgan fingerprint density at radius 1 is 1.33 bits per heavy atom. The highest BCUT2D eigenvalue weighted by Crippen LogP contribution is 2.35. The summed E-state index contributed by atoms with van der Waals surface area (Å²) in [5, 5.41) is 6.94. The Hall–Kier alpha value is -1.45. The summed E-state index contributed by atoms with van der Waals surface area (Å²) in [7, 11) is 1.51. The fraction of sp³-hybridized carbons (Fsp3) is 0.118. The van der Waals surface area contributed by atoms with Gasteiger partial charge in [-0.3, -0.25) is 10.1 Å². The van der Waals surface area contributed by atoms with Crippen LogP contribution >= 0.6 is 62.7 Å². The number of hydrogen-bond donors (Lipinski definition) is 2. The van der Waals surface area contributed by atoms with Crippen molar-refractivity contribution in [2.45, 2.75) is 6.92 Å². The number of benzene rings is 2. The zero-order valence-electron chi connectivity index (χ0n) is 14.0. The van der Waals surface area contributed by atoms with E-state index in [-0.39, 0.29) is 5.11 Å². The van der Waals surface area contributed by atoms with Gasteiger partial charge in [0.15, 0.2) is 10.2 Å². The molecule has 0 bridgehead atoms. The van der Waals surface area contributed by atoms with E-state index in [0.717, 1.165) is 14.7 Å². The van der Waals surface area contributed by atoms with E-state index in [2.05, 4.69) is 31.5 Å². The van der Waals surface area contributed by atoms with Crippen LogP contribution in [0.3, 0.4) is 0 Å². The van der Waals surface area contributed by atoms with E-state index < -0.39 is 5.91 Å². The van der Waals surface area contributed by atoms with Gasteiger partial charge in [0, 0.05) is 4.47 Å². The summed E-state index contributed by atoms with van der Waals surface area (Å²) in [6.45, 7) is 1.85. The van der Waals surface area contributed by atoms with Gasteiger partial charge in [-0.1, -0.05) is 50.5 Å². The monoisotopic (exact) mass is 503 g/mol. The standard InChI is InChI=1S/C17H12BrCl2N3O2S2/c1-7-5-8(18)6-9(14(7)25-2)15(24)22-16(26)23-17-21-13-11(27-17)4-3-10(19)12(13)20/h3-6H,1-2H3,(H2,21,22,23,24,26). The third-order valence-corrected chi connectivity index (χ3v) is 5.98. The highest BCUT2D eigenvalue weighted by atomic mass is 79.9. The summed E-state index contributed by atoms with van der Waals surface area (Å²) in [6, 6.07) is 7.06. The second-order valence-corrected chi connectivity index (χ2v) is 8.58. The first-order chi connectivity index (χ1) is 12.8. The molecule has 27 heavy (non-hydrogen) atoms. The molecule has 0 saturated carbocycles. The lowest BCUT2D eigenvalue weighted by Gasteiger charge is -2.13. The topological polar surface area (TPSA) is 63.2 Å². The SMILES string of the molecule is COc1c(C)cc(Br)cc1C(=O)NC(=S)Nc1nc2c(Cl)c(Cl)ccc2s1. The minimum atomic E-state index is -0.393. The van der Waals surface area contributed by atoms with Crippen LogP contribution in [0.2, 0.25) is 10.0 Å². The molecule has 5 nitrogen and oxygen atoms in total. The van der Waals surface area contributed by atoms with Gasteiger partial charge >= 0.3 is 0 Å². The van der Waals surface area contributed by atoms with Gasteiger partial charge in [-0.25, -0.2) is 4.98 Å². The number of amides is 1. The average molecular weight is 505 g/mol. The first-order valence-corrected chi connectivity index (χ1v) is 10.3. The quantitative estimate of drug-likeness (QED) is 0.440. The van der Waals surface area contributed by atoms with Gasteiger partial charge in [-0.05, 0) is 49.0 Å². The van der Waals surface area contributed by atoms with E-state index >= 15 is 0 Å². The van der Waals surface area contributed by atoms with Crippen LogP contribution in [0.4, 0.5) is 5.13 Å². The lowest BCUT2D eigenvalue weighted by atomic mass is 10.1. The number of hydrogen-bond acceptors (Lipinski definition) is 5. The van der Waals surface area contributed by atoms with Crippen molar-refractivity contribution in [1.29, 1.82) is 0 Å². The van der Waals surface area contributed by atoms with Crippen LogP contribution in [0.15, 0.2) is 28.7 Å². The van der Waals surface area contributed by atoms with Crippen LogP contribution in [0.1, 0.15) is 15.9 Å². The first kappa shape index (κ1) is 20.3. The predicted molar refractivity (Wildman–Crippen MR) is 119 cm³/mol. The van der Waals surface area contributed by atoms with Crippen LogP contribution in [0, 0.1) is 6.92 Å². The van der Waals surface area contributed by atoms with Gasteiger partial charge in [0.2, 0.25) is 0 Å². The highest BCUT2D eigenvalue weighted by Gasteiger charge is 2.17. The van der Waals surface area contributed by atoms with Crippen molar-refractivity contribution >= 4 is 89.1 Å². The molecular formula is C17H12BrCl2N3O2S2. The van der Waals surface area contributed by atoms with Gasteiger partial charge in [0.05, 0.1) is 27.4 Å². The van der Waals surface area contributed by atoms with Gasteiger partial charge < -0.3 is 10.1 Å². The molecule has 0 spiro atoms. The molecule has 2 aromatic carbocycles. The molecule has 1 aromatic heterocycles. The number of methoxy groups -OCH3 is 1. The molecule has 0 aliphatic rings. The smallest absolute Gasteiger partial charge is 0.261 e. The largest absolute Gasteiger partial charge is 0.496 e. The second-order valence-electron chi connectivity index (χ2n) is 5.44. The minimum absolute atomic E-state index is 0.112. The Kier molecular flexibility index (Phi) is 6.22. The van der Waals surface area contributed by atoms with Gasteiger partial charge in [-0.2, -0.15) is 0 Å². The van der Waals surface area contributed by atoms with Crippen LogP contribution < -0.4 is 15.4 Å². The maximum Gasteiger partial charge on any atom is 0.261 e. The number of thiazole rings is 1. The number of anilines is 1. The zero-order valence-corrected chi connectivity index (χ0v) is 18.8. The summed E-state index contributed by atoms with van der Waals surface area (Å²) in [6.07, 6.45) is 0. The Balaban J connectivity index is 1.78. The van der Waals surface area contributed by atoms with Gasteiger partial charge in [0.25, 0.3) is 5.91 Å². The number of carbonyl (C=O) groups is 1. The molecule has 0 saturated heterocycles. The van der Waals surface area contributed by atoms with Crippen LogP contribution in [-0.2, 0) is 0 Å². The molecule has 0 radical (unpaired) electrons. The number of carbonyl (C=O) groups excluding carboxylic acids is 1. The third-order valence-electron chi connectivity index (χ3n) is 3.59. The fourth-order valence-corrected chi connectivity index (χ4v) is 4.58. The molecule has 3 aromatic rings. The molecule has 0 aliphatic heterocycles. The number of nitrogens with one attached hydrogen (secondary N) is 2. The second kappa shape index (κ2) is 8.28. The molecule has 0 fully saturated rings. The number of thiocarbonyl (C=S) groups is 1. The number of rotatable bonds is 3. The predicted octanol–water partition coefficient (Wildman–Crippen LogP) is 5.81. The van der Waals surface area contributed by atoms with Crippen LogP contribution in [-0.4, -0.2) is 23.1 Å². The fourth-order valence-electron chi connectivity index (χ4n) is 2.46. The van der Waals surface area contributed by atoms with Crippen LogP contribution in [0.25, 0.3) is 10.2 Å². The third kappa shape index (κ3) is 4.35. The minimum Gasteiger partial charge on any atom is -0.496 e. The molecule has 0 atom stereocenters. The van der Waals surface area contributed by atoms with Crippen molar-refractivity contribution in [3.63, 3.8) is 0 Å². The molecule has 1 amide bonds. The summed E-state index contributed by atoms with van der Waals surface area (Å²) < 4.78 is 6.95. The first-order valence-electron chi connectivity index (χ1n) is 7.51. The zero-order chi connectivity index (χ0) is 19.7. The van der Waals surface area contributed by atoms with E-state index in [1.807, 2.05) is 19.1 Å². The molecule has 3 rings (SSSR count). The Labute approximate surface area is 183 Å². The van der Waals surface area contributed by atoms with Crippen molar-refractivity contribution < 1.29 is 9.53 Å². The molecule has 1 heterocycles. The number of nitrogens with zero attached hydrogens (tertiary/aromatic N) is 1. The average Bonchev–Trinajstić information content (AvgIpc) is 3.00. The van der Waals surface area contributed by atoms with Crippen molar-refractivity contribution in [2.24, 2.45) is 0 Å². The van der Waals surface area contributed by atoms with Crippen LogP contribution in [0.5, 0.6) is 5.75 Å². The van der Waals surface area contributed by atoms with Gasteiger partial charge in [0.1, 0.15) is 11.3 Å².